The molecular formula is C17H18FNO3S. The predicted octanol–water partition coefficient (Wildman–Crippen LogP) is 3.19. The maximum atomic E-state index is 13.5. The van der Waals surface area contributed by atoms with Crippen molar-refractivity contribution >= 4 is 10.0 Å². The van der Waals surface area contributed by atoms with E-state index < -0.39 is 15.8 Å². The summed E-state index contributed by atoms with van der Waals surface area (Å²) >= 11 is 0. The highest BCUT2D eigenvalue weighted by molar-refractivity contribution is 7.89. The minimum absolute atomic E-state index is 0.128. The Bertz CT molecular complexity index is 820. The van der Waals surface area contributed by atoms with Gasteiger partial charge in [0, 0.05) is 6.04 Å². The first-order valence-electron chi connectivity index (χ1n) is 7.45. The molecule has 1 atom stereocenters. The van der Waals surface area contributed by atoms with E-state index >= 15 is 0 Å². The molecular weight excluding hydrogens is 317 g/mol. The first-order valence-corrected chi connectivity index (χ1v) is 8.93. The number of ether oxygens (including phenoxy) is 1. The Hall–Kier alpha value is -1.92. The molecule has 4 nitrogen and oxygen atoms in total. The number of nitrogens with one attached hydrogen (secondary N) is 1. The summed E-state index contributed by atoms with van der Waals surface area (Å²) < 4.78 is 46.6. The molecule has 1 aliphatic rings. The molecule has 0 aliphatic heterocycles. The van der Waals surface area contributed by atoms with E-state index in [4.69, 9.17) is 4.74 Å². The Morgan fingerprint density at radius 2 is 2.00 bits per heavy atom. The number of halogens is 1. The van der Waals surface area contributed by atoms with Gasteiger partial charge in [0.1, 0.15) is 16.5 Å². The molecule has 1 aliphatic carbocycles. The summed E-state index contributed by atoms with van der Waals surface area (Å²) in [5, 5.41) is 0. The zero-order valence-electron chi connectivity index (χ0n) is 12.8. The van der Waals surface area contributed by atoms with Crippen molar-refractivity contribution in [2.24, 2.45) is 0 Å². The van der Waals surface area contributed by atoms with E-state index in [2.05, 4.69) is 4.72 Å². The van der Waals surface area contributed by atoms with Crippen LogP contribution in [-0.2, 0) is 16.4 Å². The molecule has 0 bridgehead atoms. The summed E-state index contributed by atoms with van der Waals surface area (Å²) in [6, 6.07) is 11.0. The monoisotopic (exact) mass is 335 g/mol. The van der Waals surface area contributed by atoms with Crippen LogP contribution in [0.3, 0.4) is 0 Å². The molecule has 0 saturated heterocycles. The number of hydrogen-bond acceptors (Lipinski definition) is 3. The molecule has 122 valence electrons. The maximum absolute atomic E-state index is 13.5. The van der Waals surface area contributed by atoms with Crippen molar-refractivity contribution < 1.29 is 17.5 Å². The molecule has 0 fully saturated rings. The van der Waals surface area contributed by atoms with Gasteiger partial charge in [-0.1, -0.05) is 24.3 Å². The van der Waals surface area contributed by atoms with E-state index in [1.54, 1.807) is 0 Å². The summed E-state index contributed by atoms with van der Waals surface area (Å²) in [6.45, 7) is 0. The molecule has 0 heterocycles. The Morgan fingerprint density at radius 3 is 2.78 bits per heavy atom. The van der Waals surface area contributed by atoms with Gasteiger partial charge in [0.05, 0.1) is 7.11 Å². The summed E-state index contributed by atoms with van der Waals surface area (Å²) in [6.07, 6.45) is 2.57. The molecule has 2 aromatic carbocycles. The predicted molar refractivity (Wildman–Crippen MR) is 85.4 cm³/mol. The Kier molecular flexibility index (Phi) is 4.37. The molecule has 0 unspecified atom stereocenters. The van der Waals surface area contributed by atoms with Gasteiger partial charge in [-0.15, -0.1) is 0 Å². The topological polar surface area (TPSA) is 55.4 Å². The fourth-order valence-electron chi connectivity index (χ4n) is 2.99. The van der Waals surface area contributed by atoms with Crippen LogP contribution in [-0.4, -0.2) is 15.5 Å². The summed E-state index contributed by atoms with van der Waals surface area (Å²) in [5.41, 5.74) is 2.13. The largest absolute Gasteiger partial charge is 0.495 e. The van der Waals surface area contributed by atoms with Gasteiger partial charge in [-0.3, -0.25) is 0 Å². The van der Waals surface area contributed by atoms with E-state index in [1.807, 2.05) is 24.3 Å². The van der Waals surface area contributed by atoms with Gasteiger partial charge in [-0.05, 0) is 48.6 Å². The number of methoxy groups -OCH3 is 1. The fraction of sp³-hybridized carbons (Fsp3) is 0.294. The quantitative estimate of drug-likeness (QED) is 0.933. The van der Waals surface area contributed by atoms with Crippen LogP contribution in [0.1, 0.15) is 30.0 Å². The van der Waals surface area contributed by atoms with Crippen LogP contribution < -0.4 is 9.46 Å². The van der Waals surface area contributed by atoms with Crippen LogP contribution in [0.4, 0.5) is 4.39 Å². The summed E-state index contributed by atoms with van der Waals surface area (Å²) in [7, 11) is -2.52. The van der Waals surface area contributed by atoms with E-state index in [9.17, 15) is 12.8 Å². The van der Waals surface area contributed by atoms with Gasteiger partial charge >= 0.3 is 0 Å². The van der Waals surface area contributed by atoms with Gasteiger partial charge in [-0.25, -0.2) is 17.5 Å². The number of rotatable bonds is 4. The van der Waals surface area contributed by atoms with E-state index in [0.717, 1.165) is 30.0 Å². The van der Waals surface area contributed by atoms with Crippen molar-refractivity contribution in [1.29, 1.82) is 0 Å². The Labute approximate surface area is 135 Å². The molecule has 0 spiro atoms. The molecule has 3 rings (SSSR count). The minimum Gasteiger partial charge on any atom is -0.495 e. The normalized spacial score (nSPS) is 17.6. The SMILES string of the molecule is COc1ccc(F)cc1S(=O)(=O)N[C@@H]1CCCc2ccccc21. The number of benzene rings is 2. The zero-order valence-corrected chi connectivity index (χ0v) is 13.6. The first kappa shape index (κ1) is 16.0. The first-order chi connectivity index (χ1) is 11.0. The lowest BCUT2D eigenvalue weighted by Crippen LogP contribution is -2.31. The van der Waals surface area contributed by atoms with E-state index in [1.165, 1.54) is 19.2 Å². The van der Waals surface area contributed by atoms with Crippen molar-refractivity contribution in [3.8, 4) is 5.75 Å². The molecule has 6 heteroatoms. The highest BCUT2D eigenvalue weighted by atomic mass is 32.2. The van der Waals surface area contributed by atoms with Crippen LogP contribution in [0.5, 0.6) is 5.75 Å². The number of hydrogen-bond donors (Lipinski definition) is 1. The lowest BCUT2D eigenvalue weighted by Gasteiger charge is -2.26. The van der Waals surface area contributed by atoms with Crippen LogP contribution in [0.15, 0.2) is 47.4 Å². The van der Waals surface area contributed by atoms with Crippen LogP contribution >= 0.6 is 0 Å². The van der Waals surface area contributed by atoms with Crippen molar-refractivity contribution in [3.63, 3.8) is 0 Å². The van der Waals surface area contributed by atoms with Gasteiger partial charge in [0.2, 0.25) is 10.0 Å². The summed E-state index contributed by atoms with van der Waals surface area (Å²) in [4.78, 5) is -0.178. The zero-order chi connectivity index (χ0) is 16.4. The van der Waals surface area contributed by atoms with Crippen molar-refractivity contribution in [3.05, 3.63) is 59.4 Å². The Morgan fingerprint density at radius 1 is 1.22 bits per heavy atom. The maximum Gasteiger partial charge on any atom is 0.244 e. The van der Waals surface area contributed by atoms with Crippen molar-refractivity contribution in [2.45, 2.75) is 30.2 Å². The molecule has 0 aromatic heterocycles. The number of fused-ring (bicyclic) bond motifs is 1. The highest BCUT2D eigenvalue weighted by Gasteiger charge is 2.27. The lowest BCUT2D eigenvalue weighted by molar-refractivity contribution is 0.399. The van der Waals surface area contributed by atoms with Crippen LogP contribution in [0.25, 0.3) is 0 Å². The second-order valence-electron chi connectivity index (χ2n) is 5.56. The molecule has 0 radical (unpaired) electrons. The number of aryl methyl sites for hydroxylation is 1. The third-order valence-electron chi connectivity index (χ3n) is 4.08. The fourth-order valence-corrected chi connectivity index (χ4v) is 4.42. The van der Waals surface area contributed by atoms with Gasteiger partial charge in [0.25, 0.3) is 0 Å². The highest BCUT2D eigenvalue weighted by Crippen LogP contribution is 2.32. The smallest absolute Gasteiger partial charge is 0.244 e. The third kappa shape index (κ3) is 3.23. The van der Waals surface area contributed by atoms with Crippen molar-refractivity contribution in [1.82, 2.24) is 4.72 Å². The van der Waals surface area contributed by atoms with Gasteiger partial charge in [0.15, 0.2) is 0 Å². The lowest BCUT2D eigenvalue weighted by atomic mass is 9.88. The minimum atomic E-state index is -3.88. The Balaban J connectivity index is 1.96. The van der Waals surface area contributed by atoms with Crippen molar-refractivity contribution in [2.75, 3.05) is 7.11 Å². The standard InChI is InChI=1S/C17H18FNO3S/c1-22-16-10-9-13(18)11-17(16)23(20,21)19-15-8-4-6-12-5-2-3-7-14(12)15/h2-3,5,7,9-11,15,19H,4,6,8H2,1H3/t15-/m1/s1. The van der Waals surface area contributed by atoms with Crippen LogP contribution in [0.2, 0.25) is 0 Å². The number of sulfonamides is 1. The molecule has 0 amide bonds. The third-order valence-corrected chi connectivity index (χ3v) is 5.57. The van der Waals surface area contributed by atoms with Gasteiger partial charge in [-0.2, -0.15) is 0 Å². The molecule has 0 saturated carbocycles. The average Bonchev–Trinajstić information content (AvgIpc) is 2.55. The molecule has 23 heavy (non-hydrogen) atoms. The second-order valence-corrected chi connectivity index (χ2v) is 7.24. The average molecular weight is 335 g/mol. The van der Waals surface area contributed by atoms with E-state index in [-0.39, 0.29) is 16.7 Å². The van der Waals surface area contributed by atoms with Crippen LogP contribution in [0, 0.1) is 5.82 Å². The van der Waals surface area contributed by atoms with E-state index in [0.29, 0.717) is 6.42 Å². The molecule has 1 N–H and O–H groups in total. The second kappa shape index (κ2) is 6.29. The molecule has 2 aromatic rings. The summed E-state index contributed by atoms with van der Waals surface area (Å²) in [5.74, 6) is -0.488. The van der Waals surface area contributed by atoms with Gasteiger partial charge < -0.3 is 4.74 Å².